The van der Waals surface area contributed by atoms with Gasteiger partial charge in [-0.15, -0.1) is 24.0 Å². The molecule has 5 nitrogen and oxygen atoms in total. The van der Waals surface area contributed by atoms with Crippen LogP contribution in [0.2, 0.25) is 0 Å². The van der Waals surface area contributed by atoms with E-state index >= 15 is 0 Å². The number of hydrogen-bond donors (Lipinski definition) is 2. The zero-order valence-corrected chi connectivity index (χ0v) is 17.5. The first kappa shape index (κ1) is 21.0. The van der Waals surface area contributed by atoms with Crippen LogP contribution in [0.4, 0.5) is 0 Å². The topological polar surface area (TPSA) is 48.9 Å². The summed E-state index contributed by atoms with van der Waals surface area (Å²) >= 11 is 0. The lowest BCUT2D eigenvalue weighted by Gasteiger charge is -2.27. The van der Waals surface area contributed by atoms with E-state index in [1.165, 1.54) is 31.2 Å². The predicted molar refractivity (Wildman–Crippen MR) is 112 cm³/mol. The summed E-state index contributed by atoms with van der Waals surface area (Å²) in [4.78, 5) is 6.57. The van der Waals surface area contributed by atoms with Gasteiger partial charge >= 0.3 is 0 Å². The minimum absolute atomic E-state index is 0. The quantitative estimate of drug-likeness (QED) is 0.401. The van der Waals surface area contributed by atoms with Crippen molar-refractivity contribution >= 4 is 29.9 Å². The highest BCUT2D eigenvalue weighted by molar-refractivity contribution is 14.0. The van der Waals surface area contributed by atoms with E-state index in [0.717, 1.165) is 18.3 Å². The molecular weight excluding hydrogens is 415 g/mol. The first-order valence-corrected chi connectivity index (χ1v) is 8.41. The van der Waals surface area contributed by atoms with E-state index < -0.39 is 0 Å². The summed E-state index contributed by atoms with van der Waals surface area (Å²) in [6.07, 6.45) is 5.12. The summed E-state index contributed by atoms with van der Waals surface area (Å²) in [5.74, 6) is 1.79. The molecule has 1 atom stereocenters. The molecular formula is C18H31IN4O. The summed E-state index contributed by atoms with van der Waals surface area (Å²) < 4.78 is 5.35. The molecule has 0 saturated heterocycles. The van der Waals surface area contributed by atoms with Gasteiger partial charge in [0.05, 0.1) is 13.2 Å². The SMILES string of the molecule is CN=C(NCC(c1cccc(OC)c1)N(C)C)NC1CCCC1.I. The van der Waals surface area contributed by atoms with Crippen LogP contribution in [0.25, 0.3) is 0 Å². The van der Waals surface area contributed by atoms with E-state index in [4.69, 9.17) is 4.74 Å². The lowest BCUT2D eigenvalue weighted by molar-refractivity contribution is 0.297. The largest absolute Gasteiger partial charge is 0.497 e. The smallest absolute Gasteiger partial charge is 0.191 e. The summed E-state index contributed by atoms with van der Waals surface area (Å²) in [7, 11) is 7.73. The van der Waals surface area contributed by atoms with Crippen molar-refractivity contribution in [3.8, 4) is 5.75 Å². The Labute approximate surface area is 163 Å². The van der Waals surface area contributed by atoms with Gasteiger partial charge in [-0.1, -0.05) is 25.0 Å². The van der Waals surface area contributed by atoms with Crippen LogP contribution in [0.15, 0.2) is 29.3 Å². The van der Waals surface area contributed by atoms with Gasteiger partial charge in [-0.3, -0.25) is 4.99 Å². The van der Waals surface area contributed by atoms with Crippen molar-refractivity contribution in [1.29, 1.82) is 0 Å². The Bertz CT molecular complexity index is 515. The number of methoxy groups -OCH3 is 1. The molecule has 24 heavy (non-hydrogen) atoms. The van der Waals surface area contributed by atoms with Crippen LogP contribution in [0.3, 0.4) is 0 Å². The average molecular weight is 446 g/mol. The van der Waals surface area contributed by atoms with E-state index in [1.54, 1.807) is 7.11 Å². The molecule has 1 aliphatic rings. The van der Waals surface area contributed by atoms with Crippen LogP contribution < -0.4 is 15.4 Å². The molecule has 1 aromatic rings. The zero-order chi connectivity index (χ0) is 16.7. The fourth-order valence-electron chi connectivity index (χ4n) is 3.10. The van der Waals surface area contributed by atoms with Gasteiger partial charge in [0.2, 0.25) is 0 Å². The highest BCUT2D eigenvalue weighted by Gasteiger charge is 2.18. The molecule has 2 rings (SSSR count). The minimum atomic E-state index is 0. The lowest BCUT2D eigenvalue weighted by Crippen LogP contribution is -2.45. The second kappa shape index (κ2) is 10.8. The number of nitrogens with one attached hydrogen (secondary N) is 2. The van der Waals surface area contributed by atoms with Crippen LogP contribution in [0.5, 0.6) is 5.75 Å². The third-order valence-electron chi connectivity index (χ3n) is 4.48. The molecule has 136 valence electrons. The Kier molecular flexibility index (Phi) is 9.43. The number of benzene rings is 1. The first-order chi connectivity index (χ1) is 11.1. The number of ether oxygens (including phenoxy) is 1. The molecule has 0 bridgehead atoms. The maximum absolute atomic E-state index is 5.35. The third-order valence-corrected chi connectivity index (χ3v) is 4.48. The molecule has 1 saturated carbocycles. The second-order valence-corrected chi connectivity index (χ2v) is 6.33. The van der Waals surface area contributed by atoms with Crippen LogP contribution in [-0.4, -0.2) is 51.7 Å². The van der Waals surface area contributed by atoms with Crippen molar-refractivity contribution < 1.29 is 4.74 Å². The number of aliphatic imine (C=N–C) groups is 1. The van der Waals surface area contributed by atoms with Crippen molar-refractivity contribution in [2.75, 3.05) is 34.8 Å². The molecule has 1 unspecified atom stereocenters. The third kappa shape index (κ3) is 6.12. The maximum Gasteiger partial charge on any atom is 0.191 e. The molecule has 1 aliphatic carbocycles. The van der Waals surface area contributed by atoms with Gasteiger partial charge in [0, 0.05) is 19.6 Å². The number of halogens is 1. The number of rotatable bonds is 6. The van der Waals surface area contributed by atoms with Crippen LogP contribution in [0, 0.1) is 0 Å². The van der Waals surface area contributed by atoms with Crippen molar-refractivity contribution in [2.45, 2.75) is 37.8 Å². The van der Waals surface area contributed by atoms with Gasteiger partial charge in [0.15, 0.2) is 5.96 Å². The monoisotopic (exact) mass is 446 g/mol. The van der Waals surface area contributed by atoms with Gasteiger partial charge in [-0.05, 0) is 44.6 Å². The molecule has 0 heterocycles. The first-order valence-electron chi connectivity index (χ1n) is 8.41. The van der Waals surface area contributed by atoms with E-state index in [2.05, 4.69) is 46.8 Å². The summed E-state index contributed by atoms with van der Waals surface area (Å²) in [5, 5.41) is 7.00. The summed E-state index contributed by atoms with van der Waals surface area (Å²) in [6.45, 7) is 0.798. The van der Waals surface area contributed by atoms with Gasteiger partial charge in [0.1, 0.15) is 5.75 Å². The minimum Gasteiger partial charge on any atom is -0.497 e. The number of hydrogen-bond acceptors (Lipinski definition) is 3. The summed E-state index contributed by atoms with van der Waals surface area (Å²) in [6, 6.07) is 9.07. The van der Waals surface area contributed by atoms with Crippen LogP contribution in [-0.2, 0) is 0 Å². The number of likely N-dealkylation sites (N-methyl/N-ethyl adjacent to an activating group) is 1. The van der Waals surface area contributed by atoms with E-state index in [-0.39, 0.29) is 30.0 Å². The Morgan fingerprint density at radius 1 is 1.33 bits per heavy atom. The Morgan fingerprint density at radius 2 is 2.04 bits per heavy atom. The highest BCUT2D eigenvalue weighted by atomic mass is 127. The molecule has 6 heteroatoms. The Hall–Kier alpha value is -1.02. The maximum atomic E-state index is 5.35. The molecule has 1 aromatic carbocycles. The molecule has 1 fully saturated rings. The number of nitrogens with zero attached hydrogens (tertiary/aromatic N) is 2. The standard InChI is InChI=1S/C18H30N4O.HI/c1-19-18(21-15-9-5-6-10-15)20-13-17(22(2)3)14-8-7-11-16(12-14)23-4;/h7-8,11-12,15,17H,5-6,9-10,13H2,1-4H3,(H2,19,20,21);1H. The van der Waals surface area contributed by atoms with E-state index in [9.17, 15) is 0 Å². The molecule has 0 aromatic heterocycles. The molecule has 0 spiro atoms. The predicted octanol–water partition coefficient (Wildman–Crippen LogP) is 3.02. The highest BCUT2D eigenvalue weighted by Crippen LogP contribution is 2.22. The fourth-order valence-corrected chi connectivity index (χ4v) is 3.10. The van der Waals surface area contributed by atoms with Crippen molar-refractivity contribution in [3.05, 3.63) is 29.8 Å². The number of guanidine groups is 1. The van der Waals surface area contributed by atoms with Gasteiger partial charge in [-0.25, -0.2) is 0 Å². The molecule has 0 radical (unpaired) electrons. The zero-order valence-electron chi connectivity index (χ0n) is 15.2. The van der Waals surface area contributed by atoms with Gasteiger partial charge < -0.3 is 20.3 Å². The molecule has 0 aliphatic heterocycles. The van der Waals surface area contributed by atoms with Gasteiger partial charge in [0.25, 0.3) is 0 Å². The van der Waals surface area contributed by atoms with Crippen molar-refractivity contribution in [3.63, 3.8) is 0 Å². The second-order valence-electron chi connectivity index (χ2n) is 6.33. The van der Waals surface area contributed by atoms with Crippen LogP contribution >= 0.6 is 24.0 Å². The molecule has 0 amide bonds. The average Bonchev–Trinajstić information content (AvgIpc) is 3.07. The van der Waals surface area contributed by atoms with Gasteiger partial charge in [-0.2, -0.15) is 0 Å². The summed E-state index contributed by atoms with van der Waals surface area (Å²) in [5.41, 5.74) is 1.23. The lowest BCUT2D eigenvalue weighted by atomic mass is 10.1. The van der Waals surface area contributed by atoms with E-state index in [1.807, 2.05) is 19.2 Å². The van der Waals surface area contributed by atoms with E-state index in [0.29, 0.717) is 6.04 Å². The fraction of sp³-hybridized carbons (Fsp3) is 0.611. The van der Waals surface area contributed by atoms with Crippen molar-refractivity contribution in [2.24, 2.45) is 4.99 Å². The van der Waals surface area contributed by atoms with Crippen molar-refractivity contribution in [1.82, 2.24) is 15.5 Å². The normalized spacial score (nSPS) is 16.6. The Balaban J connectivity index is 0.00000288. The Morgan fingerprint density at radius 3 is 2.62 bits per heavy atom. The van der Waals surface area contributed by atoms with Crippen LogP contribution in [0.1, 0.15) is 37.3 Å². The molecule has 2 N–H and O–H groups in total.